The quantitative estimate of drug-likeness (QED) is 0.524. The highest BCUT2D eigenvalue weighted by molar-refractivity contribution is 6.26. The molecule has 0 aliphatic carbocycles. The van der Waals surface area contributed by atoms with Crippen molar-refractivity contribution < 1.29 is 9.53 Å². The summed E-state index contributed by atoms with van der Waals surface area (Å²) in [5.41, 5.74) is 4.39. The predicted octanol–water partition coefficient (Wildman–Crippen LogP) is 4.86. The maximum Gasteiger partial charge on any atom is 0.255 e. The fourth-order valence-electron chi connectivity index (χ4n) is 4.64. The second-order valence-corrected chi connectivity index (χ2v) is 7.29. The summed E-state index contributed by atoms with van der Waals surface area (Å²) in [6.45, 7) is 3.60. The van der Waals surface area contributed by atoms with Gasteiger partial charge in [0, 0.05) is 41.8 Å². The molecule has 0 atom stereocenters. The van der Waals surface area contributed by atoms with E-state index >= 15 is 0 Å². The van der Waals surface area contributed by atoms with Crippen molar-refractivity contribution in [3.8, 4) is 5.75 Å². The first-order valence-corrected chi connectivity index (χ1v) is 9.44. The van der Waals surface area contributed by atoms with Crippen LogP contribution in [0.4, 0.5) is 0 Å². The van der Waals surface area contributed by atoms with Crippen LogP contribution in [-0.4, -0.2) is 29.0 Å². The fourth-order valence-corrected chi connectivity index (χ4v) is 4.64. The van der Waals surface area contributed by atoms with Gasteiger partial charge >= 0.3 is 0 Å². The number of methoxy groups -OCH3 is 1. The summed E-state index contributed by atoms with van der Waals surface area (Å²) < 4.78 is 7.74. The Kier molecular flexibility index (Phi) is 3.44. The molecule has 0 saturated heterocycles. The number of aryl methyl sites for hydroxylation is 1. The van der Waals surface area contributed by atoms with Crippen molar-refractivity contribution >= 4 is 38.5 Å². The van der Waals surface area contributed by atoms with Crippen LogP contribution in [0, 0.1) is 0 Å². The maximum atomic E-state index is 13.2. The van der Waals surface area contributed by atoms with E-state index in [1.807, 2.05) is 17.0 Å². The molecule has 1 amide bonds. The molecule has 0 saturated carbocycles. The molecule has 0 radical (unpaired) electrons. The lowest BCUT2D eigenvalue weighted by atomic mass is 9.95. The molecule has 4 heteroatoms. The molecule has 0 spiro atoms. The van der Waals surface area contributed by atoms with Crippen LogP contribution in [0.3, 0.4) is 0 Å². The summed E-state index contributed by atoms with van der Waals surface area (Å²) >= 11 is 0. The smallest absolute Gasteiger partial charge is 0.255 e. The number of rotatable bonds is 3. The SMILES string of the molecule is CCCN1Cc2c(c3ccc(OC)cc3c3c2c2ccccc2n3C)C1=O. The molecule has 1 aliphatic rings. The van der Waals surface area contributed by atoms with Crippen molar-refractivity contribution in [2.45, 2.75) is 19.9 Å². The number of carbonyl (C=O) groups excluding carboxylic acids is 1. The van der Waals surface area contributed by atoms with Gasteiger partial charge in [-0.3, -0.25) is 4.79 Å². The van der Waals surface area contributed by atoms with E-state index in [0.717, 1.165) is 40.6 Å². The summed E-state index contributed by atoms with van der Waals surface area (Å²) in [5, 5.41) is 4.51. The zero-order valence-electron chi connectivity index (χ0n) is 15.9. The van der Waals surface area contributed by atoms with Crippen LogP contribution in [0.2, 0.25) is 0 Å². The van der Waals surface area contributed by atoms with Crippen molar-refractivity contribution in [1.29, 1.82) is 0 Å². The highest BCUT2D eigenvalue weighted by Crippen LogP contribution is 2.43. The van der Waals surface area contributed by atoms with E-state index in [4.69, 9.17) is 4.74 Å². The topological polar surface area (TPSA) is 34.5 Å². The summed E-state index contributed by atoms with van der Waals surface area (Å²) in [6, 6.07) is 14.5. The molecule has 27 heavy (non-hydrogen) atoms. The van der Waals surface area contributed by atoms with Crippen LogP contribution in [0.5, 0.6) is 5.75 Å². The lowest BCUT2D eigenvalue weighted by Crippen LogP contribution is -2.24. The van der Waals surface area contributed by atoms with Gasteiger partial charge < -0.3 is 14.2 Å². The number of nitrogens with zero attached hydrogens (tertiary/aromatic N) is 2. The van der Waals surface area contributed by atoms with E-state index in [1.54, 1.807) is 7.11 Å². The van der Waals surface area contributed by atoms with E-state index in [2.05, 4.69) is 48.9 Å². The first-order valence-electron chi connectivity index (χ1n) is 9.44. The van der Waals surface area contributed by atoms with Gasteiger partial charge in [-0.25, -0.2) is 0 Å². The second kappa shape index (κ2) is 5.74. The van der Waals surface area contributed by atoms with Gasteiger partial charge in [0.05, 0.1) is 18.2 Å². The zero-order chi connectivity index (χ0) is 18.7. The minimum atomic E-state index is 0.150. The van der Waals surface area contributed by atoms with Crippen LogP contribution in [0.1, 0.15) is 29.3 Å². The van der Waals surface area contributed by atoms with Crippen molar-refractivity contribution in [2.24, 2.45) is 7.05 Å². The summed E-state index contributed by atoms with van der Waals surface area (Å²) in [5.74, 6) is 0.960. The van der Waals surface area contributed by atoms with E-state index < -0.39 is 0 Å². The van der Waals surface area contributed by atoms with E-state index in [1.165, 1.54) is 21.8 Å². The number of ether oxygens (including phenoxy) is 1. The zero-order valence-corrected chi connectivity index (χ0v) is 15.9. The summed E-state index contributed by atoms with van der Waals surface area (Å²) in [7, 11) is 3.79. The third kappa shape index (κ3) is 2.07. The Balaban J connectivity index is 2.01. The van der Waals surface area contributed by atoms with Gasteiger partial charge in [-0.2, -0.15) is 0 Å². The third-order valence-electron chi connectivity index (χ3n) is 5.81. The normalized spacial score (nSPS) is 13.9. The van der Waals surface area contributed by atoms with Gasteiger partial charge in [-0.05, 0) is 41.6 Å². The molecule has 4 aromatic rings. The van der Waals surface area contributed by atoms with Gasteiger partial charge in [0.1, 0.15) is 5.75 Å². The van der Waals surface area contributed by atoms with Crippen LogP contribution < -0.4 is 4.74 Å². The van der Waals surface area contributed by atoms with Crippen molar-refractivity contribution in [2.75, 3.05) is 13.7 Å². The van der Waals surface area contributed by atoms with Crippen molar-refractivity contribution in [3.63, 3.8) is 0 Å². The minimum Gasteiger partial charge on any atom is -0.497 e. The Labute approximate surface area is 157 Å². The van der Waals surface area contributed by atoms with E-state index in [-0.39, 0.29) is 5.91 Å². The summed E-state index contributed by atoms with van der Waals surface area (Å²) in [4.78, 5) is 15.2. The first-order chi connectivity index (χ1) is 13.2. The van der Waals surface area contributed by atoms with Gasteiger partial charge in [0.15, 0.2) is 0 Å². The van der Waals surface area contributed by atoms with Crippen LogP contribution >= 0.6 is 0 Å². The van der Waals surface area contributed by atoms with Gasteiger partial charge in [-0.1, -0.05) is 25.1 Å². The number of fused-ring (bicyclic) bond motifs is 8. The van der Waals surface area contributed by atoms with Crippen molar-refractivity contribution in [3.05, 3.63) is 53.6 Å². The molecule has 1 aromatic heterocycles. The molecule has 5 rings (SSSR count). The number of hydrogen-bond donors (Lipinski definition) is 0. The van der Waals surface area contributed by atoms with Crippen LogP contribution in [0.25, 0.3) is 32.6 Å². The van der Waals surface area contributed by atoms with Gasteiger partial charge in [-0.15, -0.1) is 0 Å². The number of aromatic nitrogens is 1. The average molecular weight is 358 g/mol. The molecule has 0 N–H and O–H groups in total. The molecular weight excluding hydrogens is 336 g/mol. The molecule has 2 heterocycles. The second-order valence-electron chi connectivity index (χ2n) is 7.29. The minimum absolute atomic E-state index is 0.150. The molecule has 3 aromatic carbocycles. The Hall–Kier alpha value is -3.01. The van der Waals surface area contributed by atoms with Crippen LogP contribution in [0.15, 0.2) is 42.5 Å². The molecule has 0 unspecified atom stereocenters. The standard InChI is InChI=1S/C23H22N2O2/c1-4-11-25-13-18-20-16-7-5-6-8-19(16)24(2)22(20)17-12-14(27-3)9-10-15(17)21(18)23(25)26/h5-10,12H,4,11,13H2,1-3H3. The fraction of sp³-hybridized carbons (Fsp3) is 0.261. The molecule has 0 fully saturated rings. The number of benzene rings is 3. The Morgan fingerprint density at radius 2 is 1.89 bits per heavy atom. The van der Waals surface area contributed by atoms with Gasteiger partial charge in [0.25, 0.3) is 5.91 Å². The first kappa shape index (κ1) is 16.2. The van der Waals surface area contributed by atoms with Gasteiger partial charge in [0.2, 0.25) is 0 Å². The average Bonchev–Trinajstić information content (AvgIpc) is 3.18. The highest BCUT2D eigenvalue weighted by atomic mass is 16.5. The lowest BCUT2D eigenvalue weighted by molar-refractivity contribution is 0.0780. The number of para-hydroxylation sites is 1. The molecule has 4 nitrogen and oxygen atoms in total. The maximum absolute atomic E-state index is 13.2. The van der Waals surface area contributed by atoms with E-state index in [9.17, 15) is 4.79 Å². The number of amides is 1. The van der Waals surface area contributed by atoms with Crippen LogP contribution in [-0.2, 0) is 13.6 Å². The molecule has 136 valence electrons. The Morgan fingerprint density at radius 3 is 2.67 bits per heavy atom. The predicted molar refractivity (Wildman–Crippen MR) is 110 cm³/mol. The number of carbonyl (C=O) groups is 1. The Morgan fingerprint density at radius 1 is 1.07 bits per heavy atom. The third-order valence-corrected chi connectivity index (χ3v) is 5.81. The number of hydrogen-bond acceptors (Lipinski definition) is 2. The largest absolute Gasteiger partial charge is 0.497 e. The monoisotopic (exact) mass is 358 g/mol. The van der Waals surface area contributed by atoms with Crippen molar-refractivity contribution in [1.82, 2.24) is 9.47 Å². The lowest BCUT2D eigenvalue weighted by Gasteiger charge is -2.13. The summed E-state index contributed by atoms with van der Waals surface area (Å²) in [6.07, 6.45) is 0.962. The Bertz CT molecular complexity index is 1240. The molecular formula is C23H22N2O2. The van der Waals surface area contributed by atoms with E-state index in [0.29, 0.717) is 6.54 Å². The highest BCUT2D eigenvalue weighted by Gasteiger charge is 2.32. The molecule has 1 aliphatic heterocycles. The molecule has 0 bridgehead atoms.